The van der Waals surface area contributed by atoms with Gasteiger partial charge >= 0.3 is 0 Å². The van der Waals surface area contributed by atoms with E-state index in [0.29, 0.717) is 18.8 Å². The minimum Gasteiger partial charge on any atom is -0.384 e. The zero-order chi connectivity index (χ0) is 13.1. The van der Waals surface area contributed by atoms with Crippen LogP contribution in [0.1, 0.15) is 30.0 Å². The van der Waals surface area contributed by atoms with Crippen LogP contribution in [0.15, 0.2) is 6.33 Å². The number of aromatic nitrogens is 2. The van der Waals surface area contributed by atoms with Crippen molar-refractivity contribution < 1.29 is 9.53 Å². The molecule has 0 fully saturated rings. The number of carbonyl (C=O) groups is 1. The number of imidazole rings is 1. The lowest BCUT2D eigenvalue weighted by atomic mass is 9.95. The molecule has 5 heteroatoms. The van der Waals surface area contributed by atoms with Crippen molar-refractivity contribution in [2.24, 2.45) is 12.5 Å². The van der Waals surface area contributed by atoms with Crippen molar-refractivity contribution in [3.05, 3.63) is 17.7 Å². The number of rotatable bonds is 5. The highest BCUT2D eigenvalue weighted by Crippen LogP contribution is 2.14. The lowest BCUT2D eigenvalue weighted by Gasteiger charge is -2.23. The third-order valence-corrected chi connectivity index (χ3v) is 2.60. The van der Waals surface area contributed by atoms with Gasteiger partial charge in [-0.05, 0) is 6.92 Å². The lowest BCUT2D eigenvalue weighted by molar-refractivity contribution is 0.0840. The predicted molar refractivity (Wildman–Crippen MR) is 65.9 cm³/mol. The number of ether oxygens (including phenoxy) is 1. The Bertz CT molecular complexity index is 377. The molecule has 0 aliphatic heterocycles. The Morgan fingerprint density at radius 2 is 2.24 bits per heavy atom. The van der Waals surface area contributed by atoms with Crippen LogP contribution in [0.2, 0.25) is 0 Å². The SMILES string of the molecule is COCC(C)(C)CNC(=O)c1c(C)ncn1C. The summed E-state index contributed by atoms with van der Waals surface area (Å²) < 4.78 is 6.84. The molecule has 1 rings (SSSR count). The summed E-state index contributed by atoms with van der Waals surface area (Å²) >= 11 is 0. The Hall–Kier alpha value is -1.36. The first-order valence-corrected chi connectivity index (χ1v) is 5.62. The average Bonchev–Trinajstić information content (AvgIpc) is 2.55. The fourth-order valence-corrected chi connectivity index (χ4v) is 1.72. The summed E-state index contributed by atoms with van der Waals surface area (Å²) in [6.45, 7) is 7.11. The summed E-state index contributed by atoms with van der Waals surface area (Å²) in [4.78, 5) is 16.1. The molecule has 1 heterocycles. The first kappa shape index (κ1) is 13.7. The molecule has 0 atom stereocenters. The quantitative estimate of drug-likeness (QED) is 0.838. The van der Waals surface area contributed by atoms with Gasteiger partial charge in [0.2, 0.25) is 0 Å². The first-order chi connectivity index (χ1) is 7.87. The summed E-state index contributed by atoms with van der Waals surface area (Å²) in [5.41, 5.74) is 1.28. The molecule has 1 aromatic rings. The summed E-state index contributed by atoms with van der Waals surface area (Å²) in [6.07, 6.45) is 1.64. The van der Waals surface area contributed by atoms with Gasteiger partial charge in [-0.3, -0.25) is 4.79 Å². The van der Waals surface area contributed by atoms with Gasteiger partial charge in [0.15, 0.2) is 0 Å². The maximum absolute atomic E-state index is 12.0. The Morgan fingerprint density at radius 1 is 1.59 bits per heavy atom. The van der Waals surface area contributed by atoms with E-state index in [9.17, 15) is 4.79 Å². The van der Waals surface area contributed by atoms with Crippen LogP contribution in [0.3, 0.4) is 0 Å². The van der Waals surface area contributed by atoms with E-state index in [2.05, 4.69) is 10.3 Å². The molecule has 0 aromatic carbocycles. The fraction of sp³-hybridized carbons (Fsp3) is 0.667. The molecule has 17 heavy (non-hydrogen) atoms. The van der Waals surface area contributed by atoms with Crippen LogP contribution in [0.25, 0.3) is 0 Å². The molecule has 0 unspecified atom stereocenters. The largest absolute Gasteiger partial charge is 0.384 e. The molecule has 5 nitrogen and oxygen atoms in total. The minimum atomic E-state index is -0.0910. The average molecular weight is 239 g/mol. The van der Waals surface area contributed by atoms with E-state index in [1.165, 1.54) is 0 Å². The van der Waals surface area contributed by atoms with Gasteiger partial charge in [-0.2, -0.15) is 0 Å². The van der Waals surface area contributed by atoms with Crippen LogP contribution in [0, 0.1) is 12.3 Å². The zero-order valence-electron chi connectivity index (χ0n) is 11.2. The summed E-state index contributed by atoms with van der Waals surface area (Å²) in [7, 11) is 3.48. The molecule has 0 spiro atoms. The van der Waals surface area contributed by atoms with Crippen molar-refractivity contribution >= 4 is 5.91 Å². The van der Waals surface area contributed by atoms with Crippen LogP contribution < -0.4 is 5.32 Å². The second-order valence-electron chi connectivity index (χ2n) is 5.07. The van der Waals surface area contributed by atoms with E-state index >= 15 is 0 Å². The zero-order valence-corrected chi connectivity index (χ0v) is 11.2. The number of aryl methyl sites for hydroxylation is 2. The van der Waals surface area contributed by atoms with E-state index in [0.717, 1.165) is 5.69 Å². The van der Waals surface area contributed by atoms with Crippen molar-refractivity contribution in [3.8, 4) is 0 Å². The Kier molecular flexibility index (Phi) is 4.28. The first-order valence-electron chi connectivity index (χ1n) is 5.62. The molecule has 0 saturated carbocycles. The van der Waals surface area contributed by atoms with E-state index < -0.39 is 0 Å². The van der Waals surface area contributed by atoms with Crippen LogP contribution in [-0.4, -0.2) is 35.7 Å². The molecule has 1 aromatic heterocycles. The summed E-state index contributed by atoms with van der Waals surface area (Å²) in [6, 6.07) is 0. The molecule has 0 aliphatic rings. The summed E-state index contributed by atoms with van der Waals surface area (Å²) in [5.74, 6) is -0.0910. The van der Waals surface area contributed by atoms with Gasteiger partial charge in [0, 0.05) is 26.1 Å². The van der Waals surface area contributed by atoms with Crippen molar-refractivity contribution in [2.75, 3.05) is 20.3 Å². The molecular weight excluding hydrogens is 218 g/mol. The number of methoxy groups -OCH3 is 1. The molecule has 1 amide bonds. The number of hydrogen-bond donors (Lipinski definition) is 1. The third-order valence-electron chi connectivity index (χ3n) is 2.60. The Labute approximate surface area is 102 Å². The molecule has 96 valence electrons. The molecular formula is C12H21N3O2. The number of amides is 1. The van der Waals surface area contributed by atoms with Crippen LogP contribution in [-0.2, 0) is 11.8 Å². The van der Waals surface area contributed by atoms with Gasteiger partial charge in [0.25, 0.3) is 5.91 Å². The van der Waals surface area contributed by atoms with E-state index in [-0.39, 0.29) is 11.3 Å². The standard InChI is InChI=1S/C12H21N3O2/c1-9-10(15(4)8-14-9)11(16)13-6-12(2,3)7-17-5/h8H,6-7H2,1-5H3,(H,13,16). The van der Waals surface area contributed by atoms with Crippen LogP contribution in [0.5, 0.6) is 0 Å². The van der Waals surface area contributed by atoms with Crippen molar-refractivity contribution in [2.45, 2.75) is 20.8 Å². The topological polar surface area (TPSA) is 56.1 Å². The number of carbonyl (C=O) groups excluding carboxylic acids is 1. The van der Waals surface area contributed by atoms with Crippen LogP contribution in [0.4, 0.5) is 0 Å². The minimum absolute atomic E-state index is 0.0725. The highest BCUT2D eigenvalue weighted by molar-refractivity contribution is 5.93. The predicted octanol–water partition coefficient (Wildman–Crippen LogP) is 1.13. The maximum Gasteiger partial charge on any atom is 0.269 e. The number of hydrogen-bond acceptors (Lipinski definition) is 3. The smallest absolute Gasteiger partial charge is 0.269 e. The monoisotopic (exact) mass is 239 g/mol. The summed E-state index contributed by atoms with van der Waals surface area (Å²) in [5, 5.41) is 2.91. The van der Waals surface area contributed by atoms with Gasteiger partial charge in [-0.15, -0.1) is 0 Å². The lowest BCUT2D eigenvalue weighted by Crippen LogP contribution is -2.37. The van der Waals surface area contributed by atoms with Crippen molar-refractivity contribution in [3.63, 3.8) is 0 Å². The number of nitrogens with zero attached hydrogens (tertiary/aromatic N) is 2. The maximum atomic E-state index is 12.0. The molecule has 0 saturated heterocycles. The van der Waals surface area contributed by atoms with E-state index in [4.69, 9.17) is 4.74 Å². The van der Waals surface area contributed by atoms with Gasteiger partial charge in [-0.25, -0.2) is 4.98 Å². The van der Waals surface area contributed by atoms with Gasteiger partial charge in [0.1, 0.15) is 5.69 Å². The molecule has 1 N–H and O–H groups in total. The Morgan fingerprint density at radius 3 is 2.71 bits per heavy atom. The normalized spacial score (nSPS) is 11.6. The van der Waals surface area contributed by atoms with Crippen molar-refractivity contribution in [1.29, 1.82) is 0 Å². The van der Waals surface area contributed by atoms with E-state index in [1.807, 2.05) is 27.8 Å². The molecule has 0 aliphatic carbocycles. The Balaban J connectivity index is 2.62. The van der Waals surface area contributed by atoms with Crippen LogP contribution >= 0.6 is 0 Å². The van der Waals surface area contributed by atoms with E-state index in [1.54, 1.807) is 18.0 Å². The van der Waals surface area contributed by atoms with Crippen molar-refractivity contribution in [1.82, 2.24) is 14.9 Å². The second-order valence-corrected chi connectivity index (χ2v) is 5.07. The molecule has 0 radical (unpaired) electrons. The van der Waals surface area contributed by atoms with Gasteiger partial charge < -0.3 is 14.6 Å². The van der Waals surface area contributed by atoms with Gasteiger partial charge in [-0.1, -0.05) is 13.8 Å². The third kappa shape index (κ3) is 3.56. The fourth-order valence-electron chi connectivity index (χ4n) is 1.72. The second kappa shape index (κ2) is 5.31. The highest BCUT2D eigenvalue weighted by atomic mass is 16.5. The highest BCUT2D eigenvalue weighted by Gasteiger charge is 2.21. The number of nitrogens with one attached hydrogen (secondary N) is 1. The van der Waals surface area contributed by atoms with Gasteiger partial charge in [0.05, 0.1) is 18.6 Å². The molecule has 0 bridgehead atoms.